The number of anilines is 1. The molecule has 2 nitrogen and oxygen atoms in total. The Morgan fingerprint density at radius 2 is 2.17 bits per heavy atom. The second kappa shape index (κ2) is 6.24. The predicted octanol–water partition coefficient (Wildman–Crippen LogP) is 3.33. The average Bonchev–Trinajstić information content (AvgIpc) is 2.38. The normalized spacial score (nSPS) is 15.0. The Bertz CT molecular complexity index is 385. The number of hydrogen-bond donors (Lipinski definition) is 1. The summed E-state index contributed by atoms with van der Waals surface area (Å²) in [7, 11) is 0. The van der Waals surface area contributed by atoms with Crippen molar-refractivity contribution >= 4 is 5.69 Å². The first kappa shape index (κ1) is 13.4. The molecule has 0 fully saturated rings. The molecule has 1 aliphatic rings. The van der Waals surface area contributed by atoms with Gasteiger partial charge in [0.1, 0.15) is 0 Å². The number of aryl methyl sites for hydroxylation is 1. The molecule has 0 aromatic heterocycles. The topological polar surface area (TPSA) is 29.3 Å². The lowest BCUT2D eigenvalue weighted by Gasteiger charge is -2.32. The maximum atomic E-state index is 5.72. The van der Waals surface area contributed by atoms with Crippen molar-refractivity contribution in [1.82, 2.24) is 0 Å². The zero-order valence-electron chi connectivity index (χ0n) is 11.8. The zero-order valence-corrected chi connectivity index (χ0v) is 11.8. The van der Waals surface area contributed by atoms with Gasteiger partial charge in [-0.1, -0.05) is 26.0 Å². The van der Waals surface area contributed by atoms with Gasteiger partial charge < -0.3 is 10.6 Å². The van der Waals surface area contributed by atoms with Crippen LogP contribution < -0.4 is 10.6 Å². The minimum Gasteiger partial charge on any atom is -0.371 e. The van der Waals surface area contributed by atoms with Crippen LogP contribution in [0.4, 0.5) is 5.69 Å². The molecule has 0 saturated carbocycles. The van der Waals surface area contributed by atoms with Gasteiger partial charge >= 0.3 is 0 Å². The van der Waals surface area contributed by atoms with Crippen LogP contribution in [0.15, 0.2) is 18.2 Å². The Balaban J connectivity index is 2.03. The van der Waals surface area contributed by atoms with Crippen molar-refractivity contribution in [2.75, 3.05) is 18.0 Å². The highest BCUT2D eigenvalue weighted by Gasteiger charge is 2.16. The summed E-state index contributed by atoms with van der Waals surface area (Å²) < 4.78 is 0. The molecule has 1 aromatic rings. The molecule has 0 saturated heterocycles. The first-order valence-electron chi connectivity index (χ1n) is 7.27. The van der Waals surface area contributed by atoms with E-state index in [-0.39, 0.29) is 0 Å². The Hall–Kier alpha value is -1.02. The summed E-state index contributed by atoms with van der Waals surface area (Å²) in [4.78, 5) is 2.56. The molecule has 100 valence electrons. The number of nitrogens with zero attached hydrogens (tertiary/aromatic N) is 1. The second-order valence-electron chi connectivity index (χ2n) is 5.79. The van der Waals surface area contributed by atoms with Crippen LogP contribution in [-0.4, -0.2) is 13.1 Å². The second-order valence-corrected chi connectivity index (χ2v) is 5.79. The van der Waals surface area contributed by atoms with Crippen LogP contribution in [0.1, 0.15) is 44.2 Å². The summed E-state index contributed by atoms with van der Waals surface area (Å²) in [5.41, 5.74) is 9.92. The largest absolute Gasteiger partial charge is 0.371 e. The molecule has 18 heavy (non-hydrogen) atoms. The van der Waals surface area contributed by atoms with Gasteiger partial charge in [-0.3, -0.25) is 0 Å². The number of fused-ring (bicyclic) bond motifs is 1. The molecule has 2 N–H and O–H groups in total. The van der Waals surface area contributed by atoms with Gasteiger partial charge in [-0.2, -0.15) is 0 Å². The third kappa shape index (κ3) is 3.26. The van der Waals surface area contributed by atoms with Gasteiger partial charge in [-0.15, -0.1) is 0 Å². The number of benzene rings is 1. The van der Waals surface area contributed by atoms with E-state index in [1.807, 2.05) is 0 Å². The van der Waals surface area contributed by atoms with Crippen LogP contribution in [0.25, 0.3) is 0 Å². The number of rotatable bonds is 5. The van der Waals surface area contributed by atoms with E-state index in [2.05, 4.69) is 36.9 Å². The number of nitrogens with two attached hydrogens (primary N) is 1. The highest BCUT2D eigenvalue weighted by Crippen LogP contribution is 2.28. The van der Waals surface area contributed by atoms with Crippen molar-refractivity contribution in [3.63, 3.8) is 0 Å². The van der Waals surface area contributed by atoms with Crippen molar-refractivity contribution in [1.29, 1.82) is 0 Å². The first-order chi connectivity index (χ1) is 8.70. The van der Waals surface area contributed by atoms with E-state index in [9.17, 15) is 0 Å². The summed E-state index contributed by atoms with van der Waals surface area (Å²) in [6.07, 6.45) is 5.12. The van der Waals surface area contributed by atoms with Crippen LogP contribution in [0, 0.1) is 5.92 Å². The smallest absolute Gasteiger partial charge is 0.0398 e. The lowest BCUT2D eigenvalue weighted by Crippen LogP contribution is -2.30. The molecule has 0 radical (unpaired) electrons. The minimum atomic E-state index is 0.653. The van der Waals surface area contributed by atoms with Gasteiger partial charge in [0.25, 0.3) is 0 Å². The van der Waals surface area contributed by atoms with Crippen molar-refractivity contribution in [2.24, 2.45) is 11.7 Å². The zero-order chi connectivity index (χ0) is 13.0. The SMILES string of the molecule is CC(C)CCCN1CCCc2cc(CN)ccc21. The molecular formula is C16H26N2. The Morgan fingerprint density at radius 1 is 1.33 bits per heavy atom. The fourth-order valence-electron chi connectivity index (χ4n) is 2.78. The fourth-order valence-corrected chi connectivity index (χ4v) is 2.78. The molecule has 0 amide bonds. The lowest BCUT2D eigenvalue weighted by molar-refractivity contribution is 0.542. The van der Waals surface area contributed by atoms with E-state index < -0.39 is 0 Å². The van der Waals surface area contributed by atoms with Crippen LogP contribution >= 0.6 is 0 Å². The van der Waals surface area contributed by atoms with E-state index in [4.69, 9.17) is 5.73 Å². The minimum absolute atomic E-state index is 0.653. The third-order valence-corrected chi connectivity index (χ3v) is 3.80. The molecule has 1 heterocycles. The molecule has 0 aliphatic carbocycles. The van der Waals surface area contributed by atoms with E-state index in [1.165, 1.54) is 55.6 Å². The molecule has 2 heteroatoms. The van der Waals surface area contributed by atoms with E-state index in [0.717, 1.165) is 5.92 Å². The summed E-state index contributed by atoms with van der Waals surface area (Å²) in [6, 6.07) is 6.75. The Kier molecular flexibility index (Phi) is 4.65. The van der Waals surface area contributed by atoms with Crippen molar-refractivity contribution in [2.45, 2.75) is 46.1 Å². The Morgan fingerprint density at radius 3 is 2.89 bits per heavy atom. The van der Waals surface area contributed by atoms with Gasteiger partial charge in [0.15, 0.2) is 0 Å². The molecule has 0 unspecified atom stereocenters. The summed E-state index contributed by atoms with van der Waals surface area (Å²) in [5, 5.41) is 0. The van der Waals surface area contributed by atoms with Gasteiger partial charge in [0, 0.05) is 25.3 Å². The summed E-state index contributed by atoms with van der Waals surface area (Å²) >= 11 is 0. The van der Waals surface area contributed by atoms with Gasteiger partial charge in [0.05, 0.1) is 0 Å². The average molecular weight is 246 g/mol. The van der Waals surface area contributed by atoms with E-state index >= 15 is 0 Å². The molecule has 2 rings (SSSR count). The summed E-state index contributed by atoms with van der Waals surface area (Å²) in [6.45, 7) is 7.68. The van der Waals surface area contributed by atoms with E-state index in [1.54, 1.807) is 0 Å². The fraction of sp³-hybridized carbons (Fsp3) is 0.625. The van der Waals surface area contributed by atoms with Gasteiger partial charge in [-0.25, -0.2) is 0 Å². The maximum Gasteiger partial charge on any atom is 0.0398 e. The van der Waals surface area contributed by atoms with Gasteiger partial charge in [-0.05, 0) is 48.8 Å². The van der Waals surface area contributed by atoms with Crippen LogP contribution in [0.2, 0.25) is 0 Å². The molecule has 1 aliphatic heterocycles. The first-order valence-corrected chi connectivity index (χ1v) is 7.27. The van der Waals surface area contributed by atoms with Crippen LogP contribution in [0.3, 0.4) is 0 Å². The van der Waals surface area contributed by atoms with E-state index in [0.29, 0.717) is 6.54 Å². The lowest BCUT2D eigenvalue weighted by atomic mass is 9.98. The molecule has 0 bridgehead atoms. The molecule has 0 spiro atoms. The van der Waals surface area contributed by atoms with Crippen molar-refractivity contribution < 1.29 is 0 Å². The highest BCUT2D eigenvalue weighted by atomic mass is 15.1. The predicted molar refractivity (Wildman–Crippen MR) is 78.9 cm³/mol. The van der Waals surface area contributed by atoms with Crippen LogP contribution in [-0.2, 0) is 13.0 Å². The van der Waals surface area contributed by atoms with Crippen molar-refractivity contribution in [3.05, 3.63) is 29.3 Å². The van der Waals surface area contributed by atoms with Crippen LogP contribution in [0.5, 0.6) is 0 Å². The quantitative estimate of drug-likeness (QED) is 0.863. The summed E-state index contributed by atoms with van der Waals surface area (Å²) in [5.74, 6) is 0.814. The molecule has 0 atom stereocenters. The van der Waals surface area contributed by atoms with Crippen molar-refractivity contribution in [3.8, 4) is 0 Å². The maximum absolute atomic E-state index is 5.72. The monoisotopic (exact) mass is 246 g/mol. The standard InChI is InChI=1S/C16H26N2/c1-13(2)5-3-9-18-10-4-6-15-11-14(12-17)7-8-16(15)18/h7-8,11,13H,3-6,9-10,12,17H2,1-2H3. The molecule has 1 aromatic carbocycles. The third-order valence-electron chi connectivity index (χ3n) is 3.80. The Labute approximate surface area is 111 Å². The van der Waals surface area contributed by atoms with Gasteiger partial charge in [0.2, 0.25) is 0 Å². The number of hydrogen-bond acceptors (Lipinski definition) is 2. The molecular weight excluding hydrogens is 220 g/mol. The highest BCUT2D eigenvalue weighted by molar-refractivity contribution is 5.56.